The van der Waals surface area contributed by atoms with E-state index in [1.54, 1.807) is 34.9 Å². The summed E-state index contributed by atoms with van der Waals surface area (Å²) in [7, 11) is 0. The van der Waals surface area contributed by atoms with Gasteiger partial charge in [0, 0.05) is 6.04 Å². The van der Waals surface area contributed by atoms with Crippen LogP contribution in [0.4, 0.5) is 5.69 Å². The first-order valence-electron chi connectivity index (χ1n) is 8.01. The highest BCUT2D eigenvalue weighted by Crippen LogP contribution is 2.36. The Morgan fingerprint density at radius 1 is 1.27 bits per heavy atom. The number of carbonyl (C=O) groups excluding carboxylic acids is 1. The third-order valence-corrected chi connectivity index (χ3v) is 4.86. The summed E-state index contributed by atoms with van der Waals surface area (Å²) in [5.74, 6) is 0.491. The quantitative estimate of drug-likeness (QED) is 0.718. The summed E-state index contributed by atoms with van der Waals surface area (Å²) >= 11 is 12.0. The number of anilines is 1. The van der Waals surface area contributed by atoms with Crippen LogP contribution in [-0.4, -0.2) is 20.3 Å². The molecule has 1 aliphatic rings. The number of benzene rings is 1. The fraction of sp³-hybridized carbons (Fsp3) is 0.235. The Hall–Kier alpha value is -2.51. The number of amides is 1. The molecule has 0 aliphatic heterocycles. The molecule has 26 heavy (non-hydrogen) atoms. The maximum Gasteiger partial charge on any atom is 0.347 e. The van der Waals surface area contributed by atoms with Crippen LogP contribution in [0.2, 0.25) is 10.0 Å². The summed E-state index contributed by atoms with van der Waals surface area (Å²) in [6.07, 6.45) is 3.33. The topological polar surface area (TPSA) is 82.1 Å². The predicted molar refractivity (Wildman–Crippen MR) is 97.6 cm³/mol. The van der Waals surface area contributed by atoms with Crippen molar-refractivity contribution < 1.29 is 9.21 Å². The number of nitrogens with one attached hydrogen (secondary N) is 1. The number of hydrogen-bond acceptors (Lipinski definition) is 4. The molecule has 1 N–H and O–H groups in total. The molecule has 134 valence electrons. The first kappa shape index (κ1) is 16.9. The average molecular weight is 393 g/mol. The standard InChI is InChI=1S/C17H14Cl2N4O3/c18-11-3-1-4-12(15(11)19)20-14(24)9-22-17(25)23(10-6-7-10)16(21-22)13-5-2-8-26-13/h1-5,8,10H,6-7,9H2,(H,20,24). The first-order valence-corrected chi connectivity index (χ1v) is 8.77. The molecule has 0 atom stereocenters. The van der Waals surface area contributed by atoms with Crippen LogP contribution >= 0.6 is 23.2 Å². The third kappa shape index (κ3) is 3.15. The molecule has 1 saturated carbocycles. The molecule has 2 aromatic heterocycles. The van der Waals surface area contributed by atoms with E-state index in [0.717, 1.165) is 17.5 Å². The molecule has 4 rings (SSSR count). The zero-order chi connectivity index (χ0) is 18.3. The monoisotopic (exact) mass is 392 g/mol. The van der Waals surface area contributed by atoms with Crippen LogP contribution in [0.5, 0.6) is 0 Å². The molecule has 1 fully saturated rings. The number of furan rings is 1. The lowest BCUT2D eigenvalue weighted by molar-refractivity contribution is -0.117. The van der Waals surface area contributed by atoms with E-state index in [1.165, 1.54) is 6.26 Å². The Balaban J connectivity index is 1.60. The van der Waals surface area contributed by atoms with Crippen LogP contribution in [0.25, 0.3) is 11.6 Å². The zero-order valence-corrected chi connectivity index (χ0v) is 15.0. The summed E-state index contributed by atoms with van der Waals surface area (Å²) in [4.78, 5) is 25.0. The fourth-order valence-electron chi connectivity index (χ4n) is 2.68. The van der Waals surface area contributed by atoms with Crippen molar-refractivity contribution in [2.45, 2.75) is 25.4 Å². The van der Waals surface area contributed by atoms with E-state index in [9.17, 15) is 9.59 Å². The first-order chi connectivity index (χ1) is 12.5. The van der Waals surface area contributed by atoms with Gasteiger partial charge in [-0.05, 0) is 37.1 Å². The van der Waals surface area contributed by atoms with Gasteiger partial charge in [-0.1, -0.05) is 29.3 Å². The summed E-state index contributed by atoms with van der Waals surface area (Å²) in [6.45, 7) is -0.241. The zero-order valence-electron chi connectivity index (χ0n) is 13.5. The lowest BCUT2D eigenvalue weighted by Crippen LogP contribution is -2.30. The van der Waals surface area contributed by atoms with Gasteiger partial charge in [0.2, 0.25) is 11.7 Å². The smallest absolute Gasteiger partial charge is 0.347 e. The number of aromatic nitrogens is 3. The number of nitrogens with zero attached hydrogens (tertiary/aromatic N) is 3. The number of halogens is 2. The predicted octanol–water partition coefficient (Wildman–Crippen LogP) is 3.59. The molecule has 0 radical (unpaired) electrons. The van der Waals surface area contributed by atoms with E-state index in [1.807, 2.05) is 0 Å². The van der Waals surface area contributed by atoms with Crippen molar-refractivity contribution in [2.24, 2.45) is 0 Å². The van der Waals surface area contributed by atoms with Gasteiger partial charge in [0.15, 0.2) is 5.76 Å². The highest BCUT2D eigenvalue weighted by molar-refractivity contribution is 6.43. The van der Waals surface area contributed by atoms with Gasteiger partial charge < -0.3 is 9.73 Å². The van der Waals surface area contributed by atoms with Crippen LogP contribution in [0.1, 0.15) is 18.9 Å². The molecular weight excluding hydrogens is 379 g/mol. The van der Waals surface area contributed by atoms with E-state index in [-0.39, 0.29) is 23.3 Å². The van der Waals surface area contributed by atoms with Crippen LogP contribution < -0.4 is 11.0 Å². The third-order valence-electron chi connectivity index (χ3n) is 4.04. The Morgan fingerprint density at radius 2 is 2.08 bits per heavy atom. The SMILES string of the molecule is O=C(Cn1nc(-c2ccco2)n(C2CC2)c1=O)Nc1cccc(Cl)c1Cl. The molecule has 0 saturated heterocycles. The molecule has 1 amide bonds. The molecule has 7 nitrogen and oxygen atoms in total. The molecule has 0 spiro atoms. The highest BCUT2D eigenvalue weighted by Gasteiger charge is 2.31. The molecule has 1 aliphatic carbocycles. The van der Waals surface area contributed by atoms with E-state index >= 15 is 0 Å². The van der Waals surface area contributed by atoms with Crippen molar-refractivity contribution in [3.05, 3.63) is 57.1 Å². The lowest BCUT2D eigenvalue weighted by atomic mass is 10.3. The van der Waals surface area contributed by atoms with Crippen molar-refractivity contribution in [1.29, 1.82) is 0 Å². The number of hydrogen-bond donors (Lipinski definition) is 1. The Morgan fingerprint density at radius 3 is 2.77 bits per heavy atom. The number of rotatable bonds is 5. The minimum absolute atomic E-state index is 0.0989. The van der Waals surface area contributed by atoms with Gasteiger partial charge in [-0.2, -0.15) is 0 Å². The summed E-state index contributed by atoms with van der Waals surface area (Å²) in [5.41, 5.74) is 0.0383. The van der Waals surface area contributed by atoms with Gasteiger partial charge >= 0.3 is 5.69 Å². The lowest BCUT2D eigenvalue weighted by Gasteiger charge is -2.07. The highest BCUT2D eigenvalue weighted by atomic mass is 35.5. The van der Waals surface area contributed by atoms with E-state index < -0.39 is 5.91 Å². The molecule has 0 bridgehead atoms. The number of carbonyl (C=O) groups is 1. The van der Waals surface area contributed by atoms with Gasteiger partial charge in [0.05, 0.1) is 22.0 Å². The van der Waals surface area contributed by atoms with Gasteiger partial charge in [-0.3, -0.25) is 9.36 Å². The molecule has 3 aromatic rings. The Kier molecular flexibility index (Phi) is 4.34. The van der Waals surface area contributed by atoms with Gasteiger partial charge in [0.1, 0.15) is 6.54 Å². The summed E-state index contributed by atoms with van der Waals surface area (Å²) < 4.78 is 8.08. The molecule has 1 aromatic carbocycles. The minimum Gasteiger partial charge on any atom is -0.461 e. The molecule has 2 heterocycles. The largest absolute Gasteiger partial charge is 0.461 e. The van der Waals surface area contributed by atoms with Crippen molar-refractivity contribution in [1.82, 2.24) is 14.3 Å². The fourth-order valence-corrected chi connectivity index (χ4v) is 3.03. The molecular formula is C17H14Cl2N4O3. The van der Waals surface area contributed by atoms with Gasteiger partial charge in [-0.25, -0.2) is 9.48 Å². The second-order valence-electron chi connectivity index (χ2n) is 5.99. The van der Waals surface area contributed by atoms with E-state index in [2.05, 4.69) is 10.4 Å². The Bertz CT molecular complexity index is 1020. The van der Waals surface area contributed by atoms with Crippen molar-refractivity contribution in [3.63, 3.8) is 0 Å². The maximum atomic E-state index is 12.7. The van der Waals surface area contributed by atoms with Crippen LogP contribution in [0, 0.1) is 0 Å². The maximum absolute atomic E-state index is 12.7. The molecule has 9 heteroatoms. The van der Waals surface area contributed by atoms with Gasteiger partial charge in [0.25, 0.3) is 0 Å². The average Bonchev–Trinajstić information content (AvgIpc) is 3.19. The van der Waals surface area contributed by atoms with Crippen molar-refractivity contribution in [2.75, 3.05) is 5.32 Å². The second kappa shape index (κ2) is 6.66. The van der Waals surface area contributed by atoms with E-state index in [4.69, 9.17) is 27.6 Å². The second-order valence-corrected chi connectivity index (χ2v) is 6.78. The van der Waals surface area contributed by atoms with Crippen molar-refractivity contribution in [3.8, 4) is 11.6 Å². The van der Waals surface area contributed by atoms with Gasteiger partial charge in [-0.15, -0.1) is 5.10 Å². The van der Waals surface area contributed by atoms with Crippen LogP contribution in [0.15, 0.2) is 45.8 Å². The normalized spacial score (nSPS) is 13.8. The summed E-state index contributed by atoms with van der Waals surface area (Å²) in [6, 6.07) is 8.48. The molecule has 0 unspecified atom stereocenters. The minimum atomic E-state index is -0.428. The Labute approximate surface area is 158 Å². The van der Waals surface area contributed by atoms with Crippen molar-refractivity contribution >= 4 is 34.8 Å². The van der Waals surface area contributed by atoms with Crippen LogP contribution in [0.3, 0.4) is 0 Å². The van der Waals surface area contributed by atoms with E-state index in [0.29, 0.717) is 22.3 Å². The van der Waals surface area contributed by atoms with Crippen LogP contribution in [-0.2, 0) is 11.3 Å². The summed E-state index contributed by atoms with van der Waals surface area (Å²) in [5, 5.41) is 7.51.